The lowest BCUT2D eigenvalue weighted by Gasteiger charge is -2.26. The third-order valence-electron chi connectivity index (χ3n) is 4.90. The number of rotatable bonds is 5. The molecule has 1 N–H and O–H groups in total. The van der Waals surface area contributed by atoms with Gasteiger partial charge in [0, 0.05) is 4.88 Å². The molecule has 4 rings (SSSR count). The maximum Gasteiger partial charge on any atom is 0.290 e. The molecular weight excluding hydrogens is 406 g/mol. The number of thiophene rings is 1. The number of carbonyl (C=O) groups is 1. The highest BCUT2D eigenvalue weighted by molar-refractivity contribution is 7.95. The third kappa shape index (κ3) is 3.47. The van der Waals surface area contributed by atoms with Gasteiger partial charge in [0.05, 0.1) is 17.5 Å². The van der Waals surface area contributed by atoms with Crippen LogP contribution in [0.2, 0.25) is 0 Å². The summed E-state index contributed by atoms with van der Waals surface area (Å²) in [6.45, 7) is 2.08. The van der Waals surface area contributed by atoms with E-state index in [1.54, 1.807) is 36.4 Å². The summed E-state index contributed by atoms with van der Waals surface area (Å²) in [6.07, 6.45) is 0. The standard InChI is InChI=1S/C22H19NO4S2/c1-15-9-11-18(12-10-15)29(26,27)21-19(16-6-3-2-4-7-16)23(22(25)20(21)24)14-17-8-5-13-28-17/h2-13,19,24H,14H2,1H3. The number of aryl methyl sites for hydroxylation is 1. The van der Waals surface area contributed by atoms with E-state index in [0.717, 1.165) is 10.4 Å². The first-order chi connectivity index (χ1) is 13.9. The molecule has 1 aromatic heterocycles. The van der Waals surface area contributed by atoms with Crippen molar-refractivity contribution in [3.05, 3.63) is 98.8 Å². The van der Waals surface area contributed by atoms with Gasteiger partial charge in [0.2, 0.25) is 9.84 Å². The molecule has 1 amide bonds. The molecular formula is C22H19NO4S2. The number of hydrogen-bond acceptors (Lipinski definition) is 5. The Hall–Kier alpha value is -2.90. The van der Waals surface area contributed by atoms with Crippen molar-refractivity contribution in [1.29, 1.82) is 0 Å². The highest BCUT2D eigenvalue weighted by Gasteiger charge is 2.46. The Morgan fingerprint density at radius 3 is 2.31 bits per heavy atom. The maximum absolute atomic E-state index is 13.4. The van der Waals surface area contributed by atoms with Crippen LogP contribution < -0.4 is 0 Å². The third-order valence-corrected chi connectivity index (χ3v) is 7.65. The summed E-state index contributed by atoms with van der Waals surface area (Å²) >= 11 is 1.47. The summed E-state index contributed by atoms with van der Waals surface area (Å²) in [4.78, 5) is 15.0. The number of nitrogens with zero attached hydrogens (tertiary/aromatic N) is 1. The van der Waals surface area contributed by atoms with Crippen molar-refractivity contribution in [3.8, 4) is 0 Å². The van der Waals surface area contributed by atoms with E-state index in [-0.39, 0.29) is 16.3 Å². The molecule has 1 aliphatic rings. The fraction of sp³-hybridized carbons (Fsp3) is 0.136. The lowest BCUT2D eigenvalue weighted by Crippen LogP contribution is -2.30. The minimum Gasteiger partial charge on any atom is -0.502 e. The Morgan fingerprint density at radius 1 is 1.00 bits per heavy atom. The summed E-state index contributed by atoms with van der Waals surface area (Å²) in [7, 11) is -4.08. The molecule has 2 heterocycles. The van der Waals surface area contributed by atoms with E-state index in [4.69, 9.17) is 0 Å². The maximum atomic E-state index is 13.4. The van der Waals surface area contributed by atoms with Gasteiger partial charge in [-0.2, -0.15) is 0 Å². The zero-order valence-corrected chi connectivity index (χ0v) is 17.3. The largest absolute Gasteiger partial charge is 0.502 e. The van der Waals surface area contributed by atoms with Crippen LogP contribution in [0.15, 0.2) is 87.7 Å². The molecule has 7 heteroatoms. The van der Waals surface area contributed by atoms with Crippen LogP contribution in [-0.2, 0) is 21.2 Å². The van der Waals surface area contributed by atoms with Gasteiger partial charge < -0.3 is 10.0 Å². The van der Waals surface area contributed by atoms with Gasteiger partial charge in [-0.25, -0.2) is 8.42 Å². The van der Waals surface area contributed by atoms with E-state index in [9.17, 15) is 18.3 Å². The molecule has 3 aromatic rings. The van der Waals surface area contributed by atoms with E-state index < -0.39 is 27.5 Å². The van der Waals surface area contributed by atoms with E-state index >= 15 is 0 Å². The molecule has 5 nitrogen and oxygen atoms in total. The molecule has 0 saturated carbocycles. The lowest BCUT2D eigenvalue weighted by molar-refractivity contribution is -0.130. The molecule has 1 unspecified atom stereocenters. The van der Waals surface area contributed by atoms with Crippen LogP contribution >= 0.6 is 11.3 Å². The minimum atomic E-state index is -4.08. The molecule has 148 valence electrons. The molecule has 0 saturated heterocycles. The summed E-state index contributed by atoms with van der Waals surface area (Å²) in [5.41, 5.74) is 1.55. The van der Waals surface area contributed by atoms with Gasteiger partial charge in [0.25, 0.3) is 5.91 Å². The summed E-state index contributed by atoms with van der Waals surface area (Å²) in [6, 6.07) is 18.2. The fourth-order valence-corrected chi connectivity index (χ4v) is 5.80. The quantitative estimate of drug-likeness (QED) is 0.658. The number of sulfone groups is 1. The minimum absolute atomic E-state index is 0.0522. The molecule has 29 heavy (non-hydrogen) atoms. The Balaban J connectivity index is 1.86. The van der Waals surface area contributed by atoms with Gasteiger partial charge in [0.15, 0.2) is 5.76 Å². The predicted octanol–water partition coefficient (Wildman–Crippen LogP) is 4.38. The summed E-state index contributed by atoms with van der Waals surface area (Å²) in [5.74, 6) is -1.39. The van der Waals surface area contributed by atoms with E-state index in [1.807, 2.05) is 30.5 Å². The van der Waals surface area contributed by atoms with E-state index in [0.29, 0.717) is 5.56 Å². The Kier molecular flexibility index (Phi) is 5.02. The highest BCUT2D eigenvalue weighted by Crippen LogP contribution is 2.43. The predicted molar refractivity (Wildman–Crippen MR) is 112 cm³/mol. The highest BCUT2D eigenvalue weighted by atomic mass is 32.2. The molecule has 1 atom stereocenters. The van der Waals surface area contributed by atoms with Crippen LogP contribution in [0, 0.1) is 6.92 Å². The van der Waals surface area contributed by atoms with Gasteiger partial charge in [-0.15, -0.1) is 11.3 Å². The first kappa shape index (κ1) is 19.4. The number of amides is 1. The van der Waals surface area contributed by atoms with Crippen LogP contribution in [0.3, 0.4) is 0 Å². The normalized spacial score (nSPS) is 17.2. The monoisotopic (exact) mass is 425 g/mol. The zero-order chi connectivity index (χ0) is 20.6. The van der Waals surface area contributed by atoms with Crippen LogP contribution in [0.5, 0.6) is 0 Å². The molecule has 2 aromatic carbocycles. The number of hydrogen-bond donors (Lipinski definition) is 1. The molecule has 0 aliphatic carbocycles. The van der Waals surface area contributed by atoms with Crippen LogP contribution in [0.1, 0.15) is 22.0 Å². The second-order valence-electron chi connectivity index (χ2n) is 6.85. The first-order valence-corrected chi connectivity index (χ1v) is 11.4. The number of aliphatic hydroxyl groups is 1. The number of benzene rings is 2. The van der Waals surface area contributed by atoms with Crippen LogP contribution in [0.25, 0.3) is 0 Å². The van der Waals surface area contributed by atoms with Gasteiger partial charge in [-0.05, 0) is 36.1 Å². The molecule has 0 spiro atoms. The van der Waals surface area contributed by atoms with Crippen molar-refractivity contribution in [2.75, 3.05) is 0 Å². The average Bonchev–Trinajstić information content (AvgIpc) is 3.31. The van der Waals surface area contributed by atoms with Crippen molar-refractivity contribution in [2.45, 2.75) is 24.4 Å². The van der Waals surface area contributed by atoms with Gasteiger partial charge in [-0.3, -0.25) is 4.79 Å². The van der Waals surface area contributed by atoms with Crippen molar-refractivity contribution < 1.29 is 18.3 Å². The molecule has 0 bridgehead atoms. The average molecular weight is 426 g/mol. The van der Waals surface area contributed by atoms with E-state index in [2.05, 4.69) is 0 Å². The number of aliphatic hydroxyl groups excluding tert-OH is 1. The topological polar surface area (TPSA) is 74.7 Å². The Bertz CT molecular complexity index is 1170. The van der Waals surface area contributed by atoms with Gasteiger partial charge >= 0.3 is 0 Å². The fourth-order valence-electron chi connectivity index (χ4n) is 3.45. The van der Waals surface area contributed by atoms with Crippen molar-refractivity contribution in [1.82, 2.24) is 4.90 Å². The van der Waals surface area contributed by atoms with Gasteiger partial charge in [0.1, 0.15) is 4.91 Å². The smallest absolute Gasteiger partial charge is 0.290 e. The zero-order valence-electron chi connectivity index (χ0n) is 15.6. The number of carbonyl (C=O) groups excluding carboxylic acids is 1. The second kappa shape index (κ2) is 7.50. The Morgan fingerprint density at radius 2 is 1.69 bits per heavy atom. The van der Waals surface area contributed by atoms with E-state index in [1.165, 1.54) is 28.4 Å². The summed E-state index contributed by atoms with van der Waals surface area (Å²) in [5, 5.41) is 12.5. The molecule has 1 aliphatic heterocycles. The lowest BCUT2D eigenvalue weighted by atomic mass is 10.1. The molecule has 0 radical (unpaired) electrons. The van der Waals surface area contributed by atoms with Crippen molar-refractivity contribution >= 4 is 27.1 Å². The Labute approximate surface area is 173 Å². The second-order valence-corrected chi connectivity index (χ2v) is 9.81. The van der Waals surface area contributed by atoms with Crippen LogP contribution in [0.4, 0.5) is 0 Å². The summed E-state index contributed by atoms with van der Waals surface area (Å²) < 4.78 is 26.9. The van der Waals surface area contributed by atoms with Crippen molar-refractivity contribution in [3.63, 3.8) is 0 Å². The van der Waals surface area contributed by atoms with Crippen LogP contribution in [-0.4, -0.2) is 24.3 Å². The SMILES string of the molecule is Cc1ccc(S(=O)(=O)C2=C(O)C(=O)N(Cc3cccs3)C2c2ccccc2)cc1. The van der Waals surface area contributed by atoms with Gasteiger partial charge in [-0.1, -0.05) is 54.1 Å². The van der Waals surface area contributed by atoms with Crippen molar-refractivity contribution in [2.24, 2.45) is 0 Å². The first-order valence-electron chi connectivity index (χ1n) is 9.03. The molecule has 0 fully saturated rings.